The summed E-state index contributed by atoms with van der Waals surface area (Å²) in [6.07, 6.45) is 4.33. The standard InChI is InChI=1S/C20H23NO5/c1-12(22)10-24-17-9-20-4-2-5-21(20)6-3-13-7-15-16(26-11-25-15)8-14(13)18(20)19(17)23/h7-9,18-19,23H,2-6,10-11H2,1H3/t18-,19-,20+/m1/s1. The number of rotatable bonds is 3. The zero-order valence-corrected chi connectivity index (χ0v) is 14.9. The smallest absolute Gasteiger partial charge is 0.231 e. The van der Waals surface area contributed by atoms with E-state index in [0.717, 1.165) is 49.4 Å². The van der Waals surface area contributed by atoms with E-state index in [1.807, 2.05) is 6.07 Å². The molecule has 1 aromatic rings. The van der Waals surface area contributed by atoms with Crippen molar-refractivity contribution in [1.82, 2.24) is 4.90 Å². The van der Waals surface area contributed by atoms with Crippen molar-refractivity contribution < 1.29 is 24.1 Å². The van der Waals surface area contributed by atoms with Crippen LogP contribution in [0.5, 0.6) is 11.5 Å². The van der Waals surface area contributed by atoms with Gasteiger partial charge in [0, 0.05) is 12.5 Å². The van der Waals surface area contributed by atoms with Gasteiger partial charge in [-0.3, -0.25) is 9.69 Å². The first-order chi connectivity index (χ1) is 12.6. The summed E-state index contributed by atoms with van der Waals surface area (Å²) in [6.45, 7) is 3.69. The Morgan fingerprint density at radius 2 is 2.15 bits per heavy atom. The highest BCUT2D eigenvalue weighted by molar-refractivity contribution is 5.76. The van der Waals surface area contributed by atoms with Crippen molar-refractivity contribution in [3.05, 3.63) is 35.1 Å². The molecule has 0 aromatic heterocycles. The molecule has 1 saturated heterocycles. The topological polar surface area (TPSA) is 68.2 Å². The van der Waals surface area contributed by atoms with Crippen LogP contribution in [0.25, 0.3) is 0 Å². The number of Topliss-reactive ketones (excluding diaryl/α,β-unsaturated/α-hetero) is 1. The van der Waals surface area contributed by atoms with Crippen LogP contribution in [0.15, 0.2) is 24.0 Å². The van der Waals surface area contributed by atoms with Gasteiger partial charge in [0.05, 0.1) is 5.54 Å². The summed E-state index contributed by atoms with van der Waals surface area (Å²) in [7, 11) is 0. The maximum Gasteiger partial charge on any atom is 0.231 e. The number of ether oxygens (including phenoxy) is 3. The number of carbonyl (C=O) groups excluding carboxylic acids is 1. The Hall–Kier alpha value is -2.05. The predicted molar refractivity (Wildman–Crippen MR) is 93.3 cm³/mol. The van der Waals surface area contributed by atoms with Crippen LogP contribution in [-0.2, 0) is 16.0 Å². The Bertz CT molecular complexity index is 804. The molecule has 138 valence electrons. The van der Waals surface area contributed by atoms with Gasteiger partial charge in [0.2, 0.25) is 6.79 Å². The molecule has 3 aliphatic heterocycles. The molecule has 4 aliphatic rings. The van der Waals surface area contributed by atoms with Crippen molar-refractivity contribution in [3.8, 4) is 11.5 Å². The molecule has 26 heavy (non-hydrogen) atoms. The lowest BCUT2D eigenvalue weighted by molar-refractivity contribution is -0.120. The molecule has 0 radical (unpaired) electrons. The molecule has 1 fully saturated rings. The number of aliphatic hydroxyl groups excluding tert-OH is 1. The normalized spacial score (nSPS) is 31.7. The lowest BCUT2D eigenvalue weighted by Crippen LogP contribution is -2.46. The molecule has 1 spiro atoms. The molecule has 0 bridgehead atoms. The fraction of sp³-hybridized carbons (Fsp3) is 0.550. The van der Waals surface area contributed by atoms with E-state index in [1.54, 1.807) is 0 Å². The fourth-order valence-corrected chi connectivity index (χ4v) is 5.13. The van der Waals surface area contributed by atoms with Crippen molar-refractivity contribution in [1.29, 1.82) is 0 Å². The van der Waals surface area contributed by atoms with Gasteiger partial charge in [-0.1, -0.05) is 0 Å². The summed E-state index contributed by atoms with van der Waals surface area (Å²) in [5.41, 5.74) is 2.07. The first kappa shape index (κ1) is 16.1. The Balaban J connectivity index is 1.60. The largest absolute Gasteiger partial charge is 0.488 e. The summed E-state index contributed by atoms with van der Waals surface area (Å²) in [5.74, 6) is 1.90. The van der Waals surface area contributed by atoms with Gasteiger partial charge < -0.3 is 19.3 Å². The highest BCUT2D eigenvalue weighted by Gasteiger charge is 2.56. The van der Waals surface area contributed by atoms with Gasteiger partial charge in [-0.2, -0.15) is 0 Å². The fourth-order valence-electron chi connectivity index (χ4n) is 5.13. The number of ketones is 1. The number of aliphatic hydroxyl groups is 1. The second-order valence-electron chi connectivity index (χ2n) is 7.70. The van der Waals surface area contributed by atoms with E-state index in [-0.39, 0.29) is 30.6 Å². The van der Waals surface area contributed by atoms with Gasteiger partial charge in [-0.25, -0.2) is 0 Å². The molecule has 3 heterocycles. The second-order valence-corrected chi connectivity index (χ2v) is 7.70. The minimum absolute atomic E-state index is 0.000308. The Morgan fingerprint density at radius 1 is 1.35 bits per heavy atom. The van der Waals surface area contributed by atoms with Gasteiger partial charge in [0.1, 0.15) is 18.5 Å². The van der Waals surface area contributed by atoms with Crippen molar-refractivity contribution in [2.45, 2.75) is 43.7 Å². The van der Waals surface area contributed by atoms with Crippen LogP contribution in [-0.4, -0.2) is 53.9 Å². The maximum atomic E-state index is 11.4. The summed E-state index contributed by atoms with van der Waals surface area (Å²) in [5, 5.41) is 11.2. The van der Waals surface area contributed by atoms with Crippen molar-refractivity contribution >= 4 is 5.78 Å². The first-order valence-electron chi connectivity index (χ1n) is 9.29. The molecule has 3 atom stereocenters. The zero-order valence-electron chi connectivity index (χ0n) is 14.9. The highest BCUT2D eigenvalue weighted by Crippen LogP contribution is 2.54. The van der Waals surface area contributed by atoms with Crippen LogP contribution in [0.3, 0.4) is 0 Å². The summed E-state index contributed by atoms with van der Waals surface area (Å²) in [6, 6.07) is 4.10. The monoisotopic (exact) mass is 357 g/mol. The van der Waals surface area contributed by atoms with Crippen LogP contribution in [0, 0.1) is 0 Å². The van der Waals surface area contributed by atoms with Crippen LogP contribution in [0.2, 0.25) is 0 Å². The summed E-state index contributed by atoms with van der Waals surface area (Å²) < 4.78 is 16.8. The van der Waals surface area contributed by atoms with Gasteiger partial charge in [0.15, 0.2) is 17.3 Å². The molecule has 0 saturated carbocycles. The van der Waals surface area contributed by atoms with Gasteiger partial charge in [-0.05, 0) is 62.1 Å². The van der Waals surface area contributed by atoms with E-state index in [9.17, 15) is 9.90 Å². The van der Waals surface area contributed by atoms with E-state index < -0.39 is 6.10 Å². The third kappa shape index (κ3) is 2.21. The van der Waals surface area contributed by atoms with E-state index in [1.165, 1.54) is 12.5 Å². The predicted octanol–water partition coefficient (Wildman–Crippen LogP) is 1.75. The molecule has 1 N–H and O–H groups in total. The summed E-state index contributed by atoms with van der Waals surface area (Å²) >= 11 is 0. The lowest BCUT2D eigenvalue weighted by atomic mass is 9.78. The number of nitrogens with zero attached hydrogens (tertiary/aromatic N) is 1. The van der Waals surface area contributed by atoms with Crippen LogP contribution in [0.1, 0.15) is 36.8 Å². The minimum atomic E-state index is -0.757. The van der Waals surface area contributed by atoms with E-state index in [2.05, 4.69) is 17.0 Å². The highest BCUT2D eigenvalue weighted by atomic mass is 16.7. The number of hydrogen-bond donors (Lipinski definition) is 1. The Labute approximate surface area is 152 Å². The third-order valence-electron chi connectivity index (χ3n) is 6.19. The minimum Gasteiger partial charge on any atom is -0.488 e. The zero-order chi connectivity index (χ0) is 17.9. The van der Waals surface area contributed by atoms with E-state index in [0.29, 0.717) is 5.76 Å². The van der Waals surface area contributed by atoms with Crippen molar-refractivity contribution in [2.24, 2.45) is 0 Å². The van der Waals surface area contributed by atoms with Crippen molar-refractivity contribution in [2.75, 3.05) is 26.5 Å². The number of benzene rings is 1. The average molecular weight is 357 g/mol. The van der Waals surface area contributed by atoms with Gasteiger partial charge in [-0.15, -0.1) is 0 Å². The Kier molecular flexibility index (Phi) is 3.56. The van der Waals surface area contributed by atoms with Gasteiger partial charge in [0.25, 0.3) is 0 Å². The number of hydrogen-bond acceptors (Lipinski definition) is 6. The van der Waals surface area contributed by atoms with Gasteiger partial charge >= 0.3 is 0 Å². The average Bonchev–Trinajstić information content (AvgIpc) is 3.27. The molecular weight excluding hydrogens is 334 g/mol. The first-order valence-corrected chi connectivity index (χ1v) is 9.29. The van der Waals surface area contributed by atoms with Crippen LogP contribution in [0.4, 0.5) is 0 Å². The third-order valence-corrected chi connectivity index (χ3v) is 6.19. The lowest BCUT2D eigenvalue weighted by Gasteiger charge is -2.38. The van der Waals surface area contributed by atoms with E-state index >= 15 is 0 Å². The van der Waals surface area contributed by atoms with Crippen molar-refractivity contribution in [3.63, 3.8) is 0 Å². The van der Waals surface area contributed by atoms with E-state index in [4.69, 9.17) is 14.2 Å². The molecule has 1 aromatic carbocycles. The molecule has 0 amide bonds. The SMILES string of the molecule is CC(=O)COC1=C[C@]23CCCN2CCc2cc4c(cc2[C@@H]3[C@@H]1O)OCO4. The maximum absolute atomic E-state index is 11.4. The Morgan fingerprint density at radius 3 is 2.96 bits per heavy atom. The summed E-state index contributed by atoms with van der Waals surface area (Å²) in [4.78, 5) is 13.8. The molecule has 6 nitrogen and oxygen atoms in total. The molecule has 5 rings (SSSR count). The molecule has 0 unspecified atom stereocenters. The number of fused-ring (bicyclic) bond motifs is 3. The molecule has 1 aliphatic carbocycles. The molecule has 6 heteroatoms. The second kappa shape index (κ2) is 5.72. The van der Waals surface area contributed by atoms with Crippen LogP contribution >= 0.6 is 0 Å². The molecular formula is C20H23NO5. The van der Waals surface area contributed by atoms with Crippen LogP contribution < -0.4 is 9.47 Å². The number of carbonyl (C=O) groups is 1. The quantitative estimate of drug-likeness (QED) is 0.889.